The van der Waals surface area contributed by atoms with Crippen molar-refractivity contribution in [2.24, 2.45) is 7.05 Å². The molecule has 0 saturated heterocycles. The Morgan fingerprint density at radius 3 is 3.00 bits per heavy atom. The SMILES string of the molecule is CCC(=O)N1Cc2cn(C)nc2-c2cc(Cl)ccc21. The van der Waals surface area contributed by atoms with Gasteiger partial charge in [-0.15, -0.1) is 0 Å². The predicted octanol–water partition coefficient (Wildman–Crippen LogP) is 3.00. The van der Waals surface area contributed by atoms with Crippen LogP contribution in [-0.4, -0.2) is 15.7 Å². The highest BCUT2D eigenvalue weighted by molar-refractivity contribution is 6.31. The van der Waals surface area contributed by atoms with Crippen molar-refractivity contribution in [1.29, 1.82) is 0 Å². The first-order valence-corrected chi connectivity index (χ1v) is 6.60. The van der Waals surface area contributed by atoms with E-state index < -0.39 is 0 Å². The van der Waals surface area contributed by atoms with Crippen LogP contribution in [0, 0.1) is 0 Å². The summed E-state index contributed by atoms with van der Waals surface area (Å²) >= 11 is 6.07. The van der Waals surface area contributed by atoms with Gasteiger partial charge in [0.05, 0.1) is 17.9 Å². The summed E-state index contributed by atoms with van der Waals surface area (Å²) in [4.78, 5) is 13.9. The molecule has 0 saturated carbocycles. The molecule has 0 bridgehead atoms. The van der Waals surface area contributed by atoms with E-state index in [1.807, 2.05) is 38.4 Å². The molecule has 1 amide bonds. The summed E-state index contributed by atoms with van der Waals surface area (Å²) in [5.74, 6) is 0.109. The van der Waals surface area contributed by atoms with Crippen LogP contribution in [0.1, 0.15) is 18.9 Å². The maximum absolute atomic E-state index is 12.1. The van der Waals surface area contributed by atoms with Crippen molar-refractivity contribution >= 4 is 23.2 Å². The van der Waals surface area contributed by atoms with Gasteiger partial charge in [0, 0.05) is 35.8 Å². The van der Waals surface area contributed by atoms with Gasteiger partial charge in [-0.2, -0.15) is 5.10 Å². The van der Waals surface area contributed by atoms with Crippen LogP contribution in [0.4, 0.5) is 5.69 Å². The summed E-state index contributed by atoms with van der Waals surface area (Å²) < 4.78 is 1.77. The molecule has 2 aromatic rings. The Kier molecular flexibility index (Phi) is 2.82. The number of anilines is 1. The summed E-state index contributed by atoms with van der Waals surface area (Å²) in [6, 6.07) is 5.57. The number of aromatic nitrogens is 2. The maximum Gasteiger partial charge on any atom is 0.227 e. The molecule has 1 aromatic carbocycles. The molecule has 1 aliphatic heterocycles. The number of nitrogens with zero attached hydrogens (tertiary/aromatic N) is 3. The summed E-state index contributed by atoms with van der Waals surface area (Å²) in [5, 5.41) is 5.13. The van der Waals surface area contributed by atoms with Crippen molar-refractivity contribution < 1.29 is 4.79 Å². The summed E-state index contributed by atoms with van der Waals surface area (Å²) in [6.07, 6.45) is 2.44. The van der Waals surface area contributed by atoms with Crippen LogP contribution in [0.15, 0.2) is 24.4 Å². The predicted molar refractivity (Wildman–Crippen MR) is 75.1 cm³/mol. The lowest BCUT2D eigenvalue weighted by Crippen LogP contribution is -2.32. The fraction of sp³-hybridized carbons (Fsp3) is 0.286. The summed E-state index contributed by atoms with van der Waals surface area (Å²) in [6.45, 7) is 2.45. The highest BCUT2D eigenvalue weighted by Gasteiger charge is 2.27. The van der Waals surface area contributed by atoms with Gasteiger partial charge in [0.2, 0.25) is 5.91 Å². The molecule has 19 heavy (non-hydrogen) atoms. The number of rotatable bonds is 1. The average molecular weight is 276 g/mol. The molecule has 0 radical (unpaired) electrons. The van der Waals surface area contributed by atoms with E-state index in [-0.39, 0.29) is 5.91 Å². The van der Waals surface area contributed by atoms with Gasteiger partial charge in [-0.25, -0.2) is 0 Å². The second-order valence-corrected chi connectivity index (χ2v) is 5.11. The molecule has 2 heterocycles. The molecule has 0 unspecified atom stereocenters. The molecule has 1 aromatic heterocycles. The molecule has 98 valence electrons. The third kappa shape index (κ3) is 1.92. The molecular weight excluding hydrogens is 262 g/mol. The Balaban J connectivity index is 2.22. The van der Waals surface area contributed by atoms with Gasteiger partial charge < -0.3 is 4.90 Å². The van der Waals surface area contributed by atoms with Crippen molar-refractivity contribution in [3.63, 3.8) is 0 Å². The number of benzene rings is 1. The van der Waals surface area contributed by atoms with E-state index in [4.69, 9.17) is 11.6 Å². The Hall–Kier alpha value is -1.81. The number of aryl methyl sites for hydroxylation is 1. The normalized spacial score (nSPS) is 13.1. The van der Waals surface area contributed by atoms with E-state index >= 15 is 0 Å². The molecule has 5 heteroatoms. The molecule has 1 aliphatic rings. The number of fused-ring (bicyclic) bond motifs is 3. The number of halogens is 1. The van der Waals surface area contributed by atoms with E-state index in [1.54, 1.807) is 9.58 Å². The van der Waals surface area contributed by atoms with Crippen LogP contribution in [0.25, 0.3) is 11.3 Å². The van der Waals surface area contributed by atoms with Crippen molar-refractivity contribution in [1.82, 2.24) is 9.78 Å². The zero-order valence-corrected chi connectivity index (χ0v) is 11.6. The first kappa shape index (κ1) is 12.2. The summed E-state index contributed by atoms with van der Waals surface area (Å²) in [5.41, 5.74) is 3.79. The van der Waals surface area contributed by atoms with Gasteiger partial charge in [0.15, 0.2) is 0 Å². The van der Waals surface area contributed by atoms with E-state index in [0.29, 0.717) is 18.0 Å². The van der Waals surface area contributed by atoms with Gasteiger partial charge in [-0.3, -0.25) is 9.48 Å². The first-order chi connectivity index (χ1) is 9.10. The van der Waals surface area contributed by atoms with Crippen molar-refractivity contribution in [2.75, 3.05) is 4.90 Å². The molecule has 0 spiro atoms. The van der Waals surface area contributed by atoms with Crippen LogP contribution in [0.3, 0.4) is 0 Å². The fourth-order valence-corrected chi connectivity index (χ4v) is 2.65. The van der Waals surface area contributed by atoms with Crippen LogP contribution in [0.5, 0.6) is 0 Å². The molecule has 3 rings (SSSR count). The number of carbonyl (C=O) groups is 1. The first-order valence-electron chi connectivity index (χ1n) is 6.23. The Bertz CT molecular complexity index is 663. The van der Waals surface area contributed by atoms with Crippen LogP contribution in [0.2, 0.25) is 5.02 Å². The van der Waals surface area contributed by atoms with Gasteiger partial charge in [-0.05, 0) is 18.2 Å². The number of hydrogen-bond acceptors (Lipinski definition) is 2. The minimum Gasteiger partial charge on any atom is -0.307 e. The monoisotopic (exact) mass is 275 g/mol. The lowest BCUT2D eigenvalue weighted by atomic mass is 10.00. The van der Waals surface area contributed by atoms with E-state index in [0.717, 1.165) is 22.5 Å². The number of amides is 1. The second-order valence-electron chi connectivity index (χ2n) is 4.67. The molecule has 0 atom stereocenters. The van der Waals surface area contributed by atoms with Crippen molar-refractivity contribution in [3.8, 4) is 11.3 Å². The maximum atomic E-state index is 12.1. The molecule has 0 N–H and O–H groups in total. The Morgan fingerprint density at radius 1 is 1.47 bits per heavy atom. The number of hydrogen-bond donors (Lipinski definition) is 0. The van der Waals surface area contributed by atoms with Crippen LogP contribution >= 0.6 is 11.6 Å². The molecule has 0 aliphatic carbocycles. The Morgan fingerprint density at radius 2 is 2.26 bits per heavy atom. The standard InChI is InChI=1S/C14H14ClN3O/c1-3-13(19)18-8-9-7-17(2)16-14(9)11-6-10(15)4-5-12(11)18/h4-7H,3,8H2,1-2H3. The largest absolute Gasteiger partial charge is 0.307 e. The van der Waals surface area contributed by atoms with E-state index in [1.165, 1.54) is 0 Å². The second kappa shape index (κ2) is 4.38. The van der Waals surface area contributed by atoms with E-state index in [2.05, 4.69) is 5.10 Å². The topological polar surface area (TPSA) is 38.1 Å². The summed E-state index contributed by atoms with van der Waals surface area (Å²) in [7, 11) is 1.88. The molecular formula is C14H14ClN3O. The smallest absolute Gasteiger partial charge is 0.227 e. The quantitative estimate of drug-likeness (QED) is 0.802. The van der Waals surface area contributed by atoms with E-state index in [9.17, 15) is 4.79 Å². The molecule has 0 fully saturated rings. The highest BCUT2D eigenvalue weighted by Crippen LogP contribution is 2.39. The zero-order chi connectivity index (χ0) is 13.6. The van der Waals surface area contributed by atoms with Crippen LogP contribution < -0.4 is 4.90 Å². The lowest BCUT2D eigenvalue weighted by Gasteiger charge is -2.28. The van der Waals surface area contributed by atoms with Crippen molar-refractivity contribution in [2.45, 2.75) is 19.9 Å². The Labute approximate surface area is 116 Å². The third-order valence-electron chi connectivity index (χ3n) is 3.34. The lowest BCUT2D eigenvalue weighted by molar-refractivity contribution is -0.118. The van der Waals surface area contributed by atoms with Gasteiger partial charge >= 0.3 is 0 Å². The van der Waals surface area contributed by atoms with Gasteiger partial charge in [0.25, 0.3) is 0 Å². The fourth-order valence-electron chi connectivity index (χ4n) is 2.48. The average Bonchev–Trinajstić information content (AvgIpc) is 2.77. The highest BCUT2D eigenvalue weighted by atomic mass is 35.5. The van der Waals surface area contributed by atoms with Gasteiger partial charge in [-0.1, -0.05) is 18.5 Å². The zero-order valence-electron chi connectivity index (χ0n) is 10.9. The minimum atomic E-state index is 0.109. The molecule has 4 nitrogen and oxygen atoms in total. The van der Waals surface area contributed by atoms with Crippen LogP contribution in [-0.2, 0) is 18.4 Å². The minimum absolute atomic E-state index is 0.109. The van der Waals surface area contributed by atoms with Crippen molar-refractivity contribution in [3.05, 3.63) is 35.0 Å². The van der Waals surface area contributed by atoms with Gasteiger partial charge in [0.1, 0.15) is 0 Å². The third-order valence-corrected chi connectivity index (χ3v) is 3.58. The number of carbonyl (C=O) groups excluding carboxylic acids is 1.